The number of nitrogens with two attached hydrogens (primary N) is 1. The SMILES string of the molecule is Cc1c([C@@H](N)Nc2nnc(C)c3cnc(N4CCOCC4)cc23)cccc1S(C)(=O)=O. The van der Waals surface area contributed by atoms with Gasteiger partial charge in [-0.15, -0.1) is 5.10 Å². The van der Waals surface area contributed by atoms with Crippen LogP contribution in [0.5, 0.6) is 0 Å². The van der Waals surface area contributed by atoms with Crippen molar-refractivity contribution >= 4 is 32.2 Å². The van der Waals surface area contributed by atoms with Crippen LogP contribution in [0.2, 0.25) is 0 Å². The first-order valence-corrected chi connectivity index (χ1v) is 11.9. The number of sulfone groups is 1. The van der Waals surface area contributed by atoms with E-state index in [1.165, 1.54) is 6.26 Å². The van der Waals surface area contributed by atoms with Gasteiger partial charge < -0.3 is 20.7 Å². The van der Waals surface area contributed by atoms with Gasteiger partial charge in [0.1, 0.15) is 12.0 Å². The third-order valence-electron chi connectivity index (χ3n) is 5.52. The Morgan fingerprint density at radius 2 is 1.90 bits per heavy atom. The van der Waals surface area contributed by atoms with Gasteiger partial charge in [0.25, 0.3) is 0 Å². The zero-order chi connectivity index (χ0) is 22.2. The van der Waals surface area contributed by atoms with Crippen molar-refractivity contribution in [2.45, 2.75) is 24.9 Å². The van der Waals surface area contributed by atoms with Crippen molar-refractivity contribution in [1.82, 2.24) is 15.2 Å². The molecule has 1 aromatic carbocycles. The van der Waals surface area contributed by atoms with Gasteiger partial charge in [0.2, 0.25) is 0 Å². The maximum Gasteiger partial charge on any atom is 0.175 e. The molecule has 1 saturated heterocycles. The van der Waals surface area contributed by atoms with Crippen molar-refractivity contribution in [1.29, 1.82) is 0 Å². The van der Waals surface area contributed by atoms with E-state index in [0.29, 0.717) is 30.2 Å². The molecule has 164 valence electrons. The molecule has 0 saturated carbocycles. The van der Waals surface area contributed by atoms with E-state index < -0.39 is 16.0 Å². The Hall–Kier alpha value is -2.82. The predicted molar refractivity (Wildman–Crippen MR) is 120 cm³/mol. The van der Waals surface area contributed by atoms with Crippen molar-refractivity contribution in [3.63, 3.8) is 0 Å². The molecule has 3 aromatic rings. The smallest absolute Gasteiger partial charge is 0.175 e. The van der Waals surface area contributed by atoms with Crippen LogP contribution in [-0.2, 0) is 14.6 Å². The minimum Gasteiger partial charge on any atom is -0.378 e. The third kappa shape index (κ3) is 4.32. The molecule has 0 aliphatic carbocycles. The summed E-state index contributed by atoms with van der Waals surface area (Å²) >= 11 is 0. The summed E-state index contributed by atoms with van der Waals surface area (Å²) in [5, 5.41) is 13.5. The summed E-state index contributed by atoms with van der Waals surface area (Å²) in [4.78, 5) is 7.03. The van der Waals surface area contributed by atoms with Crippen molar-refractivity contribution in [2.75, 3.05) is 42.8 Å². The van der Waals surface area contributed by atoms with Crippen LogP contribution in [-0.4, -0.2) is 56.2 Å². The highest BCUT2D eigenvalue weighted by Gasteiger charge is 2.19. The Labute approximate surface area is 181 Å². The molecule has 31 heavy (non-hydrogen) atoms. The summed E-state index contributed by atoms with van der Waals surface area (Å²) in [7, 11) is -3.36. The van der Waals surface area contributed by atoms with E-state index in [1.54, 1.807) is 25.3 Å². The van der Waals surface area contributed by atoms with Crippen molar-refractivity contribution < 1.29 is 13.2 Å². The molecular weight excluding hydrogens is 416 g/mol. The average molecular weight is 443 g/mol. The highest BCUT2D eigenvalue weighted by molar-refractivity contribution is 7.90. The number of hydrogen-bond donors (Lipinski definition) is 2. The number of fused-ring (bicyclic) bond motifs is 1. The van der Waals surface area contributed by atoms with Crippen LogP contribution in [0.25, 0.3) is 10.8 Å². The first kappa shape index (κ1) is 21.4. The molecule has 3 N–H and O–H groups in total. The molecule has 10 heteroatoms. The van der Waals surface area contributed by atoms with Gasteiger partial charge in [0.15, 0.2) is 15.7 Å². The molecule has 1 fully saturated rings. The molecule has 1 aliphatic heterocycles. The Morgan fingerprint density at radius 3 is 2.61 bits per heavy atom. The maximum absolute atomic E-state index is 12.1. The summed E-state index contributed by atoms with van der Waals surface area (Å²) in [5.74, 6) is 1.37. The Bertz CT molecular complexity index is 1230. The second-order valence-electron chi connectivity index (χ2n) is 7.69. The lowest BCUT2D eigenvalue weighted by Crippen LogP contribution is -2.36. The molecule has 3 heterocycles. The van der Waals surface area contributed by atoms with E-state index in [-0.39, 0.29) is 4.90 Å². The summed E-state index contributed by atoms with van der Waals surface area (Å²) < 4.78 is 29.6. The van der Waals surface area contributed by atoms with Crippen LogP contribution in [0.3, 0.4) is 0 Å². The minimum atomic E-state index is -3.36. The molecule has 0 bridgehead atoms. The van der Waals surface area contributed by atoms with Crippen molar-refractivity contribution in [3.8, 4) is 0 Å². The molecule has 0 spiro atoms. The summed E-state index contributed by atoms with van der Waals surface area (Å²) in [6, 6.07) is 7.07. The Balaban J connectivity index is 1.72. The lowest BCUT2D eigenvalue weighted by atomic mass is 10.1. The number of morpholine rings is 1. The van der Waals surface area contributed by atoms with E-state index in [1.807, 2.05) is 19.1 Å². The number of rotatable bonds is 5. The van der Waals surface area contributed by atoms with E-state index in [4.69, 9.17) is 10.5 Å². The summed E-state index contributed by atoms with van der Waals surface area (Å²) in [5.41, 5.74) is 8.50. The number of nitrogens with one attached hydrogen (secondary N) is 1. The zero-order valence-corrected chi connectivity index (χ0v) is 18.6. The van der Waals surface area contributed by atoms with Crippen LogP contribution in [0.4, 0.5) is 11.6 Å². The van der Waals surface area contributed by atoms with E-state index in [0.717, 1.165) is 35.4 Å². The standard InChI is InChI=1S/C21H26N6O3S/c1-13-15(5-4-6-18(13)31(3,28)29)20(22)24-21-16-11-19(27-7-9-30-10-8-27)23-12-17(16)14(2)25-26-21/h4-6,11-12,20H,7-10,22H2,1-3H3,(H,24,26)/t20-/m0/s1. The molecule has 0 unspecified atom stereocenters. The van der Waals surface area contributed by atoms with Crippen LogP contribution < -0.4 is 16.0 Å². The lowest BCUT2D eigenvalue weighted by molar-refractivity contribution is 0.122. The van der Waals surface area contributed by atoms with Gasteiger partial charge in [-0.25, -0.2) is 13.4 Å². The lowest BCUT2D eigenvalue weighted by Gasteiger charge is -2.28. The first-order chi connectivity index (χ1) is 14.8. The number of aromatic nitrogens is 3. The van der Waals surface area contributed by atoms with Gasteiger partial charge >= 0.3 is 0 Å². The van der Waals surface area contributed by atoms with Gasteiger partial charge in [-0.3, -0.25) is 0 Å². The quantitative estimate of drug-likeness (QED) is 0.571. The summed E-state index contributed by atoms with van der Waals surface area (Å²) in [6.07, 6.45) is 2.33. The van der Waals surface area contributed by atoms with Crippen LogP contribution in [0.15, 0.2) is 35.4 Å². The van der Waals surface area contributed by atoms with E-state index >= 15 is 0 Å². The molecule has 0 radical (unpaired) electrons. The summed E-state index contributed by atoms with van der Waals surface area (Å²) in [6.45, 7) is 6.52. The second kappa shape index (κ2) is 8.37. The number of benzene rings is 1. The maximum atomic E-state index is 12.1. The second-order valence-corrected chi connectivity index (χ2v) is 9.67. The fraction of sp³-hybridized carbons (Fsp3) is 0.381. The van der Waals surface area contributed by atoms with Gasteiger partial charge in [-0.2, -0.15) is 5.10 Å². The highest BCUT2D eigenvalue weighted by Crippen LogP contribution is 2.29. The molecule has 0 amide bonds. The van der Waals surface area contributed by atoms with Crippen LogP contribution >= 0.6 is 0 Å². The minimum absolute atomic E-state index is 0.265. The molecule has 2 aromatic heterocycles. The number of ether oxygens (including phenoxy) is 1. The molecule has 1 atom stereocenters. The molecule has 4 rings (SSSR count). The molecule has 9 nitrogen and oxygen atoms in total. The number of nitrogens with zero attached hydrogens (tertiary/aromatic N) is 4. The topological polar surface area (TPSA) is 123 Å². The average Bonchev–Trinajstić information content (AvgIpc) is 2.75. The number of aryl methyl sites for hydroxylation is 1. The third-order valence-corrected chi connectivity index (χ3v) is 6.76. The van der Waals surface area contributed by atoms with E-state index in [2.05, 4.69) is 25.4 Å². The van der Waals surface area contributed by atoms with Crippen LogP contribution in [0.1, 0.15) is 23.0 Å². The molecular formula is C21H26N6O3S. The zero-order valence-electron chi connectivity index (χ0n) is 17.8. The largest absolute Gasteiger partial charge is 0.378 e. The highest BCUT2D eigenvalue weighted by atomic mass is 32.2. The van der Waals surface area contributed by atoms with Crippen LogP contribution in [0, 0.1) is 13.8 Å². The number of pyridine rings is 1. The number of hydrogen-bond acceptors (Lipinski definition) is 9. The normalized spacial score (nSPS) is 15.8. The van der Waals surface area contributed by atoms with Gasteiger partial charge in [0.05, 0.1) is 23.8 Å². The monoisotopic (exact) mass is 442 g/mol. The fourth-order valence-electron chi connectivity index (χ4n) is 3.83. The Morgan fingerprint density at radius 1 is 1.16 bits per heavy atom. The van der Waals surface area contributed by atoms with Gasteiger partial charge in [0, 0.05) is 36.3 Å². The van der Waals surface area contributed by atoms with Gasteiger partial charge in [-0.05, 0) is 37.1 Å². The fourth-order valence-corrected chi connectivity index (χ4v) is 4.83. The first-order valence-electron chi connectivity index (χ1n) is 10.0. The van der Waals surface area contributed by atoms with E-state index in [9.17, 15) is 8.42 Å². The van der Waals surface area contributed by atoms with Crippen molar-refractivity contribution in [2.24, 2.45) is 5.73 Å². The Kier molecular flexibility index (Phi) is 5.78. The van der Waals surface area contributed by atoms with Gasteiger partial charge in [-0.1, -0.05) is 12.1 Å². The number of anilines is 2. The predicted octanol–water partition coefficient (Wildman–Crippen LogP) is 1.95. The van der Waals surface area contributed by atoms with Crippen molar-refractivity contribution in [3.05, 3.63) is 47.3 Å². The molecule has 1 aliphatic rings.